The molecule has 0 radical (unpaired) electrons. The molecule has 1 fully saturated rings. The molecule has 2 amide bonds. The lowest BCUT2D eigenvalue weighted by atomic mass is 9.89. The number of halogens is 2. The fourth-order valence-electron chi connectivity index (χ4n) is 4.23. The van der Waals surface area contributed by atoms with Crippen molar-refractivity contribution in [2.75, 3.05) is 7.05 Å². The number of carbonyl (C=O) groups excluding carboxylic acids is 2. The molecule has 2 aromatic rings. The van der Waals surface area contributed by atoms with E-state index in [2.05, 4.69) is 15.5 Å². The van der Waals surface area contributed by atoms with E-state index in [1.54, 1.807) is 14.0 Å². The van der Waals surface area contributed by atoms with Gasteiger partial charge in [-0.1, -0.05) is 36.9 Å². The van der Waals surface area contributed by atoms with Gasteiger partial charge in [-0.3, -0.25) is 9.59 Å². The molecule has 1 unspecified atom stereocenters. The number of aromatic nitrogens is 2. The lowest BCUT2D eigenvalue weighted by molar-refractivity contribution is -0.131. The van der Waals surface area contributed by atoms with Crippen molar-refractivity contribution < 1.29 is 22.9 Å². The number of nitrogens with zero attached hydrogens (tertiary/aromatic N) is 3. The average molecular weight is 449 g/mol. The van der Waals surface area contributed by atoms with Crippen LogP contribution < -0.4 is 5.32 Å². The second-order valence-corrected chi connectivity index (χ2v) is 8.54. The van der Waals surface area contributed by atoms with Crippen molar-refractivity contribution in [1.82, 2.24) is 20.4 Å². The first-order valence-corrected chi connectivity index (χ1v) is 11.0. The standard InChI is InChI=1S/C23H30F2N4O3/c1-15(17-8-9-18(24)19(25)14-17)29(3)21(31)11-10-20-26-22(28-32-20)23(27-16(2)30)12-6-4-5-7-13-23/h8-9,14-15H,4-7,10-13H2,1-3H3,(H,27,30). The van der Waals surface area contributed by atoms with Crippen LogP contribution in [0, 0.1) is 11.6 Å². The first kappa shape index (κ1) is 23.8. The SMILES string of the molecule is CC(=O)NC1(c2noc(CCC(=O)N(C)C(C)c3ccc(F)c(F)c3)n2)CCCCCC1. The van der Waals surface area contributed by atoms with Crippen molar-refractivity contribution in [2.24, 2.45) is 0 Å². The van der Waals surface area contributed by atoms with Crippen LogP contribution in [0.3, 0.4) is 0 Å². The number of carbonyl (C=O) groups is 2. The van der Waals surface area contributed by atoms with Crippen LogP contribution in [0.15, 0.2) is 22.7 Å². The Hall–Kier alpha value is -2.84. The van der Waals surface area contributed by atoms with Gasteiger partial charge in [-0.2, -0.15) is 4.98 Å². The van der Waals surface area contributed by atoms with E-state index >= 15 is 0 Å². The van der Waals surface area contributed by atoms with E-state index in [1.165, 1.54) is 17.9 Å². The van der Waals surface area contributed by atoms with Gasteiger partial charge in [-0.25, -0.2) is 8.78 Å². The Balaban J connectivity index is 1.65. The Morgan fingerprint density at radius 3 is 2.50 bits per heavy atom. The molecule has 0 aliphatic heterocycles. The molecule has 32 heavy (non-hydrogen) atoms. The summed E-state index contributed by atoms with van der Waals surface area (Å²) in [7, 11) is 1.62. The molecule has 7 nitrogen and oxygen atoms in total. The van der Waals surface area contributed by atoms with Crippen molar-refractivity contribution in [3.05, 3.63) is 47.1 Å². The molecular weight excluding hydrogens is 418 g/mol. The molecule has 1 aromatic carbocycles. The third kappa shape index (κ3) is 5.49. The van der Waals surface area contributed by atoms with Gasteiger partial charge in [0.15, 0.2) is 17.5 Å². The molecule has 174 valence electrons. The van der Waals surface area contributed by atoms with Gasteiger partial charge in [0.25, 0.3) is 0 Å². The smallest absolute Gasteiger partial charge is 0.227 e. The van der Waals surface area contributed by atoms with Crippen molar-refractivity contribution >= 4 is 11.8 Å². The number of hydrogen-bond donors (Lipinski definition) is 1. The van der Waals surface area contributed by atoms with E-state index in [-0.39, 0.29) is 24.7 Å². The van der Waals surface area contributed by atoms with E-state index in [4.69, 9.17) is 4.52 Å². The second-order valence-electron chi connectivity index (χ2n) is 8.54. The van der Waals surface area contributed by atoms with Gasteiger partial charge in [0.2, 0.25) is 17.7 Å². The minimum atomic E-state index is -0.944. The summed E-state index contributed by atoms with van der Waals surface area (Å²) in [6.45, 7) is 3.23. The fraction of sp³-hybridized carbons (Fsp3) is 0.565. The summed E-state index contributed by atoms with van der Waals surface area (Å²) in [4.78, 5) is 30.5. The third-order valence-corrected chi connectivity index (χ3v) is 6.22. The first-order valence-electron chi connectivity index (χ1n) is 11.0. The predicted octanol–water partition coefficient (Wildman–Crippen LogP) is 4.19. The lowest BCUT2D eigenvalue weighted by Crippen LogP contribution is -2.45. The monoisotopic (exact) mass is 448 g/mol. The zero-order valence-electron chi connectivity index (χ0n) is 18.8. The molecule has 1 saturated carbocycles. The lowest BCUT2D eigenvalue weighted by Gasteiger charge is -2.30. The molecule has 1 aliphatic rings. The summed E-state index contributed by atoms with van der Waals surface area (Å²) in [5, 5.41) is 7.16. The Bertz CT molecular complexity index is 954. The molecule has 3 rings (SSSR count). The van der Waals surface area contributed by atoms with Gasteiger partial charge < -0.3 is 14.7 Å². The number of amides is 2. The summed E-state index contributed by atoms with van der Waals surface area (Å²) < 4.78 is 32.1. The third-order valence-electron chi connectivity index (χ3n) is 6.22. The highest BCUT2D eigenvalue weighted by Gasteiger charge is 2.38. The average Bonchev–Trinajstić information content (AvgIpc) is 3.12. The zero-order valence-corrected chi connectivity index (χ0v) is 18.8. The molecule has 1 heterocycles. The summed E-state index contributed by atoms with van der Waals surface area (Å²) in [6, 6.07) is 3.19. The van der Waals surface area contributed by atoms with Crippen molar-refractivity contribution in [1.29, 1.82) is 0 Å². The molecule has 0 spiro atoms. The molecule has 0 saturated heterocycles. The van der Waals surface area contributed by atoms with Crippen LogP contribution in [-0.2, 0) is 21.5 Å². The predicted molar refractivity (Wildman–Crippen MR) is 113 cm³/mol. The number of benzene rings is 1. The normalized spacial score (nSPS) is 16.8. The molecule has 9 heteroatoms. The highest BCUT2D eigenvalue weighted by Crippen LogP contribution is 2.34. The van der Waals surface area contributed by atoms with Crippen LogP contribution in [0.5, 0.6) is 0 Å². The van der Waals surface area contributed by atoms with Gasteiger partial charge in [0.05, 0.1) is 6.04 Å². The molecule has 1 N–H and O–H groups in total. The van der Waals surface area contributed by atoms with E-state index < -0.39 is 23.2 Å². The first-order chi connectivity index (χ1) is 15.2. The number of hydrogen-bond acceptors (Lipinski definition) is 5. The van der Waals surface area contributed by atoms with Crippen molar-refractivity contribution in [2.45, 2.75) is 76.8 Å². The summed E-state index contributed by atoms with van der Waals surface area (Å²) in [5.74, 6) is -1.40. The molecule has 0 bridgehead atoms. The Labute approximate surface area is 186 Å². The fourth-order valence-corrected chi connectivity index (χ4v) is 4.23. The highest BCUT2D eigenvalue weighted by molar-refractivity contribution is 5.76. The zero-order chi connectivity index (χ0) is 23.3. The topological polar surface area (TPSA) is 88.3 Å². The number of aryl methyl sites for hydroxylation is 1. The molecular formula is C23H30F2N4O3. The van der Waals surface area contributed by atoms with Crippen LogP contribution in [0.2, 0.25) is 0 Å². The Morgan fingerprint density at radius 1 is 1.19 bits per heavy atom. The van der Waals surface area contributed by atoms with E-state index in [1.807, 2.05) is 0 Å². The summed E-state index contributed by atoms with van der Waals surface area (Å²) in [6.07, 6.45) is 6.00. The minimum Gasteiger partial charge on any atom is -0.343 e. The van der Waals surface area contributed by atoms with E-state index in [0.29, 0.717) is 17.3 Å². The summed E-state index contributed by atoms with van der Waals surface area (Å²) in [5.41, 5.74) is -0.128. The van der Waals surface area contributed by atoms with Crippen LogP contribution in [0.4, 0.5) is 8.78 Å². The molecule has 1 atom stereocenters. The Morgan fingerprint density at radius 2 is 1.88 bits per heavy atom. The molecule has 1 aliphatic carbocycles. The maximum atomic E-state index is 13.5. The van der Waals surface area contributed by atoms with Crippen molar-refractivity contribution in [3.63, 3.8) is 0 Å². The van der Waals surface area contributed by atoms with Gasteiger partial charge in [0, 0.05) is 26.8 Å². The quantitative estimate of drug-likeness (QED) is 0.642. The molecule has 1 aromatic heterocycles. The van der Waals surface area contributed by atoms with E-state index in [0.717, 1.165) is 50.7 Å². The van der Waals surface area contributed by atoms with Crippen LogP contribution in [-0.4, -0.2) is 33.9 Å². The second kappa shape index (κ2) is 10.2. The van der Waals surface area contributed by atoms with E-state index in [9.17, 15) is 18.4 Å². The van der Waals surface area contributed by atoms with Crippen LogP contribution in [0.1, 0.15) is 82.1 Å². The van der Waals surface area contributed by atoms with Gasteiger partial charge in [0.1, 0.15) is 5.54 Å². The Kier molecular flexibility index (Phi) is 7.58. The van der Waals surface area contributed by atoms with Gasteiger partial charge in [-0.15, -0.1) is 0 Å². The number of rotatable bonds is 7. The van der Waals surface area contributed by atoms with Gasteiger partial charge in [-0.05, 0) is 37.5 Å². The maximum Gasteiger partial charge on any atom is 0.227 e. The summed E-state index contributed by atoms with van der Waals surface area (Å²) >= 11 is 0. The highest BCUT2D eigenvalue weighted by atomic mass is 19.2. The maximum absolute atomic E-state index is 13.5. The number of nitrogens with one attached hydrogen (secondary N) is 1. The largest absolute Gasteiger partial charge is 0.343 e. The van der Waals surface area contributed by atoms with Crippen LogP contribution in [0.25, 0.3) is 0 Å². The van der Waals surface area contributed by atoms with Crippen LogP contribution >= 0.6 is 0 Å². The van der Waals surface area contributed by atoms with Crippen molar-refractivity contribution in [3.8, 4) is 0 Å². The minimum absolute atomic E-state index is 0.124. The van der Waals surface area contributed by atoms with Gasteiger partial charge >= 0.3 is 0 Å².